The van der Waals surface area contributed by atoms with E-state index in [2.05, 4.69) is 41.5 Å². The topological polar surface area (TPSA) is 52.6 Å². The van der Waals surface area contributed by atoms with E-state index in [0.29, 0.717) is 43.2 Å². The van der Waals surface area contributed by atoms with Crippen LogP contribution in [0.15, 0.2) is 43.0 Å². The van der Waals surface area contributed by atoms with Gasteiger partial charge in [-0.15, -0.1) is 0 Å². The van der Waals surface area contributed by atoms with Crippen LogP contribution in [0.1, 0.15) is 67.8 Å². The third-order valence-corrected chi connectivity index (χ3v) is 10.1. The van der Waals surface area contributed by atoms with Gasteiger partial charge in [0.2, 0.25) is 5.91 Å². The minimum absolute atomic E-state index is 0.0461. The normalized spacial score (nSPS) is 20.5. The fourth-order valence-electron chi connectivity index (χ4n) is 7.76. The number of aryl methyl sites for hydroxylation is 2. The molecule has 0 unspecified atom stereocenters. The SMILES string of the molecule is C=CC(=O)N1CCN(c2nc(CCC34CCCN3CCC4)nc3cc(-c4c(C)cccc4C4CC4)c(F)cc23)CC1. The first-order valence-corrected chi connectivity index (χ1v) is 15.5. The molecule has 6 nitrogen and oxygen atoms in total. The summed E-state index contributed by atoms with van der Waals surface area (Å²) in [6.07, 6.45) is 10.7. The largest absolute Gasteiger partial charge is 0.352 e. The van der Waals surface area contributed by atoms with Gasteiger partial charge in [-0.05, 0) is 106 Å². The van der Waals surface area contributed by atoms with E-state index in [1.807, 2.05) is 11.0 Å². The number of nitrogens with zero attached hydrogens (tertiary/aromatic N) is 5. The van der Waals surface area contributed by atoms with E-state index >= 15 is 4.39 Å². The monoisotopic (exact) mass is 553 g/mol. The Morgan fingerprint density at radius 3 is 2.54 bits per heavy atom. The molecule has 7 heteroatoms. The lowest BCUT2D eigenvalue weighted by molar-refractivity contribution is -0.126. The Bertz CT molecular complexity index is 1500. The highest BCUT2D eigenvalue weighted by Gasteiger charge is 2.43. The van der Waals surface area contributed by atoms with Gasteiger partial charge >= 0.3 is 0 Å². The Hall–Kier alpha value is -3.32. The van der Waals surface area contributed by atoms with Gasteiger partial charge in [-0.1, -0.05) is 24.8 Å². The van der Waals surface area contributed by atoms with Gasteiger partial charge < -0.3 is 9.80 Å². The van der Waals surface area contributed by atoms with E-state index in [9.17, 15) is 4.79 Å². The maximum absolute atomic E-state index is 16.1. The van der Waals surface area contributed by atoms with E-state index in [-0.39, 0.29) is 11.7 Å². The van der Waals surface area contributed by atoms with Crippen molar-refractivity contribution in [2.75, 3.05) is 44.2 Å². The third-order valence-electron chi connectivity index (χ3n) is 10.1. The third kappa shape index (κ3) is 4.82. The summed E-state index contributed by atoms with van der Waals surface area (Å²) in [5.41, 5.74) is 5.13. The number of carbonyl (C=O) groups excluding carboxylic acids is 1. The molecule has 0 bridgehead atoms. The molecule has 4 aliphatic rings. The summed E-state index contributed by atoms with van der Waals surface area (Å²) in [6.45, 7) is 10.6. The van der Waals surface area contributed by atoms with Gasteiger partial charge in [0.1, 0.15) is 17.5 Å². The second-order valence-electron chi connectivity index (χ2n) is 12.6. The van der Waals surface area contributed by atoms with Crippen LogP contribution in [0.3, 0.4) is 0 Å². The number of benzene rings is 2. The van der Waals surface area contributed by atoms with Crippen LogP contribution < -0.4 is 4.90 Å². The number of rotatable bonds is 7. The molecule has 7 rings (SSSR count). The molecule has 2 aromatic carbocycles. The van der Waals surface area contributed by atoms with Crippen molar-refractivity contribution in [1.82, 2.24) is 19.8 Å². The molecular formula is C34H40FN5O. The van der Waals surface area contributed by atoms with Gasteiger partial charge in [-0.2, -0.15) is 0 Å². The maximum Gasteiger partial charge on any atom is 0.246 e. The molecular weight excluding hydrogens is 513 g/mol. The fraction of sp³-hybridized carbons (Fsp3) is 0.500. The molecule has 1 amide bonds. The lowest BCUT2D eigenvalue weighted by Gasteiger charge is -2.35. The van der Waals surface area contributed by atoms with Crippen molar-refractivity contribution < 1.29 is 9.18 Å². The smallest absolute Gasteiger partial charge is 0.246 e. The van der Waals surface area contributed by atoms with Gasteiger partial charge in [-0.25, -0.2) is 14.4 Å². The van der Waals surface area contributed by atoms with Gasteiger partial charge in [0.25, 0.3) is 0 Å². The summed E-state index contributed by atoms with van der Waals surface area (Å²) in [5, 5.41) is 0.751. The van der Waals surface area contributed by atoms with Gasteiger partial charge in [-0.3, -0.25) is 9.69 Å². The molecule has 0 N–H and O–H groups in total. The van der Waals surface area contributed by atoms with Crippen LogP contribution in [0.25, 0.3) is 22.0 Å². The van der Waals surface area contributed by atoms with E-state index in [4.69, 9.17) is 9.97 Å². The molecule has 41 heavy (non-hydrogen) atoms. The summed E-state index contributed by atoms with van der Waals surface area (Å²) in [6, 6.07) is 9.97. The number of aromatic nitrogens is 2. The lowest BCUT2D eigenvalue weighted by Crippen LogP contribution is -2.48. The number of anilines is 1. The lowest BCUT2D eigenvalue weighted by atomic mass is 9.88. The number of fused-ring (bicyclic) bond motifs is 2. The van der Waals surface area contributed by atoms with Crippen LogP contribution in [0, 0.1) is 12.7 Å². The Balaban J connectivity index is 1.29. The zero-order valence-corrected chi connectivity index (χ0v) is 24.2. The van der Waals surface area contributed by atoms with Crippen molar-refractivity contribution in [2.24, 2.45) is 0 Å². The van der Waals surface area contributed by atoms with Crippen LogP contribution in [-0.4, -0.2) is 70.5 Å². The molecule has 1 aromatic heterocycles. The Labute approximate surface area is 242 Å². The fourth-order valence-corrected chi connectivity index (χ4v) is 7.76. The van der Waals surface area contributed by atoms with E-state index < -0.39 is 0 Å². The zero-order chi connectivity index (χ0) is 28.1. The molecule has 0 atom stereocenters. The van der Waals surface area contributed by atoms with Crippen LogP contribution in [-0.2, 0) is 11.2 Å². The average Bonchev–Trinajstić information content (AvgIpc) is 3.64. The van der Waals surface area contributed by atoms with E-state index in [1.54, 1.807) is 6.07 Å². The van der Waals surface area contributed by atoms with Crippen molar-refractivity contribution in [3.05, 3.63) is 65.8 Å². The summed E-state index contributed by atoms with van der Waals surface area (Å²) in [7, 11) is 0. The van der Waals surface area contributed by atoms with Crippen molar-refractivity contribution in [1.29, 1.82) is 0 Å². The molecule has 4 fully saturated rings. The number of halogens is 1. The summed E-state index contributed by atoms with van der Waals surface area (Å²) >= 11 is 0. The Morgan fingerprint density at radius 2 is 1.83 bits per heavy atom. The summed E-state index contributed by atoms with van der Waals surface area (Å²) in [4.78, 5) is 29.1. The number of hydrogen-bond acceptors (Lipinski definition) is 5. The van der Waals surface area contributed by atoms with Crippen molar-refractivity contribution in [3.63, 3.8) is 0 Å². The molecule has 0 radical (unpaired) electrons. The average molecular weight is 554 g/mol. The van der Waals surface area contributed by atoms with Crippen LogP contribution >= 0.6 is 0 Å². The van der Waals surface area contributed by atoms with Crippen LogP contribution in [0.2, 0.25) is 0 Å². The second kappa shape index (κ2) is 10.5. The highest BCUT2D eigenvalue weighted by atomic mass is 19.1. The summed E-state index contributed by atoms with van der Waals surface area (Å²) in [5.74, 6) is 1.88. The predicted octanol–water partition coefficient (Wildman–Crippen LogP) is 6.02. The molecule has 3 saturated heterocycles. The molecule has 1 saturated carbocycles. The van der Waals surface area contributed by atoms with Gasteiger partial charge in [0.05, 0.1) is 5.52 Å². The number of amides is 1. The van der Waals surface area contributed by atoms with E-state index in [1.165, 1.54) is 63.3 Å². The van der Waals surface area contributed by atoms with Crippen molar-refractivity contribution in [2.45, 2.75) is 69.7 Å². The Kier molecular flexibility index (Phi) is 6.81. The number of carbonyl (C=O) groups is 1. The van der Waals surface area contributed by atoms with E-state index in [0.717, 1.165) is 46.5 Å². The Morgan fingerprint density at radius 1 is 1.07 bits per heavy atom. The standard InChI is InChI=1S/C34H40FN5O/c1-3-31(41)38-17-19-39(20-18-38)33-27-21-28(35)26(32-23(2)7-4-8-25(32)24-9-10-24)22-29(27)36-30(37-33)11-14-34-12-5-15-40(34)16-6-13-34/h3-4,7-8,21-22,24H,1,5-6,9-20H2,2H3. The summed E-state index contributed by atoms with van der Waals surface area (Å²) < 4.78 is 16.1. The molecule has 0 spiro atoms. The zero-order valence-electron chi connectivity index (χ0n) is 24.2. The molecule has 214 valence electrons. The predicted molar refractivity (Wildman–Crippen MR) is 162 cm³/mol. The van der Waals surface area contributed by atoms with Gasteiger partial charge in [0.15, 0.2) is 0 Å². The minimum Gasteiger partial charge on any atom is -0.352 e. The first-order chi connectivity index (χ1) is 20.0. The molecule has 4 heterocycles. The minimum atomic E-state index is -0.224. The van der Waals surface area contributed by atoms with Crippen molar-refractivity contribution >= 4 is 22.6 Å². The first-order valence-electron chi connectivity index (χ1n) is 15.5. The number of piperazine rings is 1. The first kappa shape index (κ1) is 26.6. The number of hydrogen-bond donors (Lipinski definition) is 0. The highest BCUT2D eigenvalue weighted by molar-refractivity contribution is 5.94. The molecule has 3 aromatic rings. The van der Waals surface area contributed by atoms with Crippen molar-refractivity contribution in [3.8, 4) is 11.1 Å². The maximum atomic E-state index is 16.1. The highest BCUT2D eigenvalue weighted by Crippen LogP contribution is 2.47. The molecule has 3 aliphatic heterocycles. The second-order valence-corrected chi connectivity index (χ2v) is 12.6. The quantitative estimate of drug-likeness (QED) is 0.335. The van der Waals surface area contributed by atoms with Crippen LogP contribution in [0.4, 0.5) is 10.2 Å². The van der Waals surface area contributed by atoms with Crippen LogP contribution in [0.5, 0.6) is 0 Å². The van der Waals surface area contributed by atoms with Gasteiger partial charge in [0, 0.05) is 49.1 Å². The molecule has 1 aliphatic carbocycles.